The summed E-state index contributed by atoms with van der Waals surface area (Å²) in [6.07, 6.45) is 3.51. The number of benzene rings is 1. The maximum absolute atomic E-state index is 11.9. The zero-order valence-electron chi connectivity index (χ0n) is 13.9. The lowest BCUT2D eigenvalue weighted by atomic mass is 9.78. The van der Waals surface area contributed by atoms with Crippen molar-refractivity contribution in [1.82, 2.24) is 5.32 Å². The maximum Gasteiger partial charge on any atom is 0.257 e. The van der Waals surface area contributed by atoms with Crippen molar-refractivity contribution in [2.75, 3.05) is 4.90 Å². The van der Waals surface area contributed by atoms with Gasteiger partial charge in [-0.1, -0.05) is 35.5 Å². The fraction of sp³-hybridized carbons (Fsp3) is 0.412. The fourth-order valence-corrected chi connectivity index (χ4v) is 4.80. The van der Waals surface area contributed by atoms with Crippen LogP contribution in [0.4, 0.5) is 5.69 Å². The molecule has 0 radical (unpaired) electrons. The van der Waals surface area contributed by atoms with Gasteiger partial charge in [-0.05, 0) is 37.8 Å². The molecule has 2 aliphatic rings. The summed E-state index contributed by atoms with van der Waals surface area (Å²) in [6.45, 7) is 2.13. The molecule has 5 N–H and O–H groups in total. The topological polar surface area (TPSA) is 101 Å². The Morgan fingerprint density at radius 1 is 1.52 bits per heavy atom. The summed E-state index contributed by atoms with van der Waals surface area (Å²) < 4.78 is 0. The highest BCUT2D eigenvalue weighted by Gasteiger charge is 2.44. The third-order valence-corrected chi connectivity index (χ3v) is 6.38. The van der Waals surface area contributed by atoms with Crippen molar-refractivity contribution in [3.8, 4) is 0 Å². The highest BCUT2D eigenvalue weighted by Crippen LogP contribution is 2.45. The summed E-state index contributed by atoms with van der Waals surface area (Å²) in [5, 5.41) is 3.93. The number of nitrogens with zero attached hydrogens (tertiary/aromatic N) is 1. The molecule has 0 saturated heterocycles. The molecule has 134 valence electrons. The molecule has 25 heavy (non-hydrogen) atoms. The number of hydrogen-bond acceptors (Lipinski definition) is 6. The maximum atomic E-state index is 11.9. The van der Waals surface area contributed by atoms with E-state index < -0.39 is 11.4 Å². The van der Waals surface area contributed by atoms with E-state index in [1.807, 2.05) is 24.0 Å². The summed E-state index contributed by atoms with van der Waals surface area (Å²) in [7, 11) is 0. The first kappa shape index (κ1) is 18.3. The number of primary amides is 1. The SMILES string of the molecule is CC1=C(C(N)=O)SC(NC2(C=O)CCC2)N1c1c(Cl)cccc1CN. The van der Waals surface area contributed by atoms with Crippen LogP contribution in [0.15, 0.2) is 28.8 Å². The molecule has 1 fully saturated rings. The van der Waals surface area contributed by atoms with E-state index in [9.17, 15) is 9.59 Å². The van der Waals surface area contributed by atoms with Crippen LogP contribution in [-0.4, -0.2) is 23.2 Å². The molecule has 0 aromatic heterocycles. The fourth-order valence-electron chi connectivity index (χ4n) is 3.24. The van der Waals surface area contributed by atoms with Crippen LogP contribution in [0, 0.1) is 0 Å². The summed E-state index contributed by atoms with van der Waals surface area (Å²) >= 11 is 7.77. The van der Waals surface area contributed by atoms with Crippen LogP contribution >= 0.6 is 23.4 Å². The van der Waals surface area contributed by atoms with E-state index in [1.54, 1.807) is 6.07 Å². The Labute approximate surface area is 155 Å². The van der Waals surface area contributed by atoms with Crippen molar-refractivity contribution >= 4 is 41.2 Å². The van der Waals surface area contributed by atoms with Gasteiger partial charge >= 0.3 is 0 Å². The Bertz CT molecular complexity index is 748. The van der Waals surface area contributed by atoms with Crippen molar-refractivity contribution in [3.63, 3.8) is 0 Å². The lowest BCUT2D eigenvalue weighted by molar-refractivity contribution is -0.116. The van der Waals surface area contributed by atoms with Crippen LogP contribution in [0.3, 0.4) is 0 Å². The number of carbonyl (C=O) groups is 2. The third-order valence-electron chi connectivity index (χ3n) is 4.79. The first-order valence-corrected chi connectivity index (χ1v) is 9.36. The molecule has 3 rings (SSSR count). The predicted molar refractivity (Wildman–Crippen MR) is 101 cm³/mol. The monoisotopic (exact) mass is 380 g/mol. The number of carbonyl (C=O) groups excluding carboxylic acids is 2. The van der Waals surface area contributed by atoms with Gasteiger partial charge in [-0.3, -0.25) is 10.1 Å². The smallest absolute Gasteiger partial charge is 0.257 e. The molecule has 6 nitrogen and oxygen atoms in total. The van der Waals surface area contributed by atoms with E-state index in [4.69, 9.17) is 23.1 Å². The summed E-state index contributed by atoms with van der Waals surface area (Å²) in [5.74, 6) is -0.494. The van der Waals surface area contributed by atoms with Crippen LogP contribution in [0.25, 0.3) is 0 Å². The molecule has 1 atom stereocenters. The lowest BCUT2D eigenvalue weighted by Crippen LogP contribution is -2.58. The molecule has 1 aromatic rings. The molecule has 8 heteroatoms. The predicted octanol–water partition coefficient (Wildman–Crippen LogP) is 2.06. The Balaban J connectivity index is 2.05. The molecular weight excluding hydrogens is 360 g/mol. The Morgan fingerprint density at radius 3 is 2.76 bits per heavy atom. The van der Waals surface area contributed by atoms with Gasteiger partial charge in [0.1, 0.15) is 11.8 Å². The van der Waals surface area contributed by atoms with Gasteiger partial charge in [-0.2, -0.15) is 0 Å². The number of amides is 1. The minimum atomic E-state index is -0.562. The molecule has 1 unspecified atom stereocenters. The van der Waals surface area contributed by atoms with Crippen LogP contribution in [-0.2, 0) is 16.1 Å². The molecular formula is C17H21ClN4O2S. The standard InChI is InChI=1S/C17H21ClN4O2S/c1-10-14(15(20)24)25-16(21-17(9-23)6-3-7-17)22(10)13-11(8-19)4-2-5-12(13)18/h2,4-5,9,16,21H,3,6-8,19H2,1H3,(H2,20,24). The van der Waals surface area contributed by atoms with Crippen LogP contribution in [0.1, 0.15) is 31.7 Å². The number of nitrogens with one attached hydrogen (secondary N) is 1. The zero-order valence-corrected chi connectivity index (χ0v) is 15.5. The molecule has 1 heterocycles. The van der Waals surface area contributed by atoms with Crippen molar-refractivity contribution in [3.05, 3.63) is 39.4 Å². The van der Waals surface area contributed by atoms with Gasteiger partial charge < -0.3 is 21.2 Å². The minimum absolute atomic E-state index is 0.307. The Kier molecular flexibility index (Phi) is 5.11. The van der Waals surface area contributed by atoms with Gasteiger partial charge in [0.15, 0.2) is 0 Å². The normalized spacial score (nSPS) is 22.0. The summed E-state index contributed by atoms with van der Waals surface area (Å²) in [6, 6.07) is 5.52. The third kappa shape index (κ3) is 3.17. The summed E-state index contributed by atoms with van der Waals surface area (Å²) in [4.78, 5) is 25.8. The van der Waals surface area contributed by atoms with E-state index in [-0.39, 0.29) is 5.50 Å². The number of rotatable bonds is 6. The molecule has 1 aliphatic carbocycles. The second kappa shape index (κ2) is 6.99. The molecule has 1 aromatic carbocycles. The first-order valence-electron chi connectivity index (χ1n) is 8.10. The van der Waals surface area contributed by atoms with Gasteiger partial charge in [0.2, 0.25) is 0 Å². The molecule has 0 spiro atoms. The average molecular weight is 381 g/mol. The van der Waals surface area contributed by atoms with Crippen molar-refractivity contribution in [1.29, 1.82) is 0 Å². The number of aldehydes is 1. The second-order valence-corrected chi connectivity index (χ2v) is 7.84. The Hall–Kier alpha value is -1.54. The minimum Gasteiger partial charge on any atom is -0.365 e. The average Bonchev–Trinajstić information content (AvgIpc) is 2.87. The van der Waals surface area contributed by atoms with Gasteiger partial charge in [-0.25, -0.2) is 0 Å². The number of thioether (sulfide) groups is 1. The van der Waals surface area contributed by atoms with Crippen LogP contribution in [0.2, 0.25) is 5.02 Å². The molecule has 1 aliphatic heterocycles. The largest absolute Gasteiger partial charge is 0.365 e. The van der Waals surface area contributed by atoms with Gasteiger partial charge in [0.25, 0.3) is 5.91 Å². The Morgan fingerprint density at radius 2 is 2.24 bits per heavy atom. The van der Waals surface area contributed by atoms with Gasteiger partial charge in [-0.15, -0.1) is 0 Å². The molecule has 1 saturated carbocycles. The van der Waals surface area contributed by atoms with Crippen LogP contribution < -0.4 is 21.7 Å². The van der Waals surface area contributed by atoms with Gasteiger partial charge in [0.05, 0.1) is 21.2 Å². The number of para-hydroxylation sites is 1. The van der Waals surface area contributed by atoms with E-state index in [0.717, 1.165) is 36.8 Å². The first-order chi connectivity index (χ1) is 11.9. The van der Waals surface area contributed by atoms with E-state index in [2.05, 4.69) is 5.32 Å². The zero-order chi connectivity index (χ0) is 18.2. The van der Waals surface area contributed by atoms with E-state index in [0.29, 0.717) is 22.2 Å². The van der Waals surface area contributed by atoms with E-state index >= 15 is 0 Å². The highest BCUT2D eigenvalue weighted by atomic mass is 35.5. The lowest BCUT2D eigenvalue weighted by Gasteiger charge is -2.42. The van der Waals surface area contributed by atoms with Gasteiger partial charge in [0, 0.05) is 12.2 Å². The van der Waals surface area contributed by atoms with Crippen molar-refractivity contribution < 1.29 is 9.59 Å². The number of anilines is 1. The highest BCUT2D eigenvalue weighted by molar-refractivity contribution is 8.05. The molecule has 1 amide bonds. The second-order valence-electron chi connectivity index (χ2n) is 6.34. The molecule has 0 bridgehead atoms. The van der Waals surface area contributed by atoms with Crippen molar-refractivity contribution in [2.45, 2.75) is 43.8 Å². The summed E-state index contributed by atoms with van der Waals surface area (Å²) in [5.41, 5.74) is 12.8. The number of allylic oxidation sites excluding steroid dienone is 1. The van der Waals surface area contributed by atoms with Crippen molar-refractivity contribution in [2.24, 2.45) is 11.5 Å². The number of hydrogen-bond donors (Lipinski definition) is 3. The quantitative estimate of drug-likeness (QED) is 0.653. The van der Waals surface area contributed by atoms with E-state index in [1.165, 1.54) is 11.8 Å². The number of nitrogens with two attached hydrogens (primary N) is 2. The van der Waals surface area contributed by atoms with Crippen LogP contribution in [0.5, 0.6) is 0 Å². The number of halogens is 1.